The van der Waals surface area contributed by atoms with Crippen LogP contribution in [0.15, 0.2) is 18.2 Å². The summed E-state index contributed by atoms with van der Waals surface area (Å²) in [7, 11) is 0. The highest BCUT2D eigenvalue weighted by Gasteiger charge is 2.32. The molecule has 5 heteroatoms. The molecule has 1 aromatic rings. The first-order valence-corrected chi connectivity index (χ1v) is 9.15. The highest BCUT2D eigenvalue weighted by molar-refractivity contribution is 5.83. The summed E-state index contributed by atoms with van der Waals surface area (Å²) in [6.07, 6.45) is 3.57. The van der Waals surface area contributed by atoms with Crippen molar-refractivity contribution in [2.45, 2.75) is 38.1 Å². The van der Waals surface area contributed by atoms with E-state index < -0.39 is 0 Å². The maximum atomic E-state index is 13.0. The number of amides is 1. The summed E-state index contributed by atoms with van der Waals surface area (Å²) in [5.41, 5.74) is 1.01. The molecule has 0 aliphatic carbocycles. The molecule has 1 aromatic carbocycles. The van der Waals surface area contributed by atoms with Crippen LogP contribution in [0.2, 0.25) is 0 Å². The maximum Gasteiger partial charge on any atom is 0.229 e. The molecule has 1 amide bonds. The predicted molar refractivity (Wildman–Crippen MR) is 91.6 cm³/mol. The molecule has 3 heterocycles. The van der Waals surface area contributed by atoms with Crippen LogP contribution in [-0.2, 0) is 4.79 Å². The zero-order chi connectivity index (χ0) is 16.5. The number of carbonyl (C=O) groups is 1. The van der Waals surface area contributed by atoms with Gasteiger partial charge < -0.3 is 14.4 Å². The van der Waals surface area contributed by atoms with Crippen LogP contribution in [-0.4, -0.2) is 61.1 Å². The van der Waals surface area contributed by atoms with Crippen molar-refractivity contribution in [1.82, 2.24) is 9.80 Å². The molecule has 0 spiro atoms. The second-order valence-corrected chi connectivity index (χ2v) is 7.09. The fraction of sp³-hybridized carbons (Fsp3) is 0.632. The topological polar surface area (TPSA) is 42.0 Å². The number of ether oxygens (including phenoxy) is 2. The third kappa shape index (κ3) is 2.97. The van der Waals surface area contributed by atoms with Gasteiger partial charge in [0.05, 0.1) is 5.92 Å². The third-order valence-corrected chi connectivity index (χ3v) is 5.55. The summed E-state index contributed by atoms with van der Waals surface area (Å²) in [5.74, 6) is 1.63. The lowest BCUT2D eigenvalue weighted by atomic mass is 9.98. The van der Waals surface area contributed by atoms with E-state index in [-0.39, 0.29) is 11.8 Å². The highest BCUT2D eigenvalue weighted by Crippen LogP contribution is 2.34. The van der Waals surface area contributed by atoms with E-state index in [4.69, 9.17) is 9.47 Å². The molecule has 0 N–H and O–H groups in total. The van der Waals surface area contributed by atoms with Crippen molar-refractivity contribution in [3.05, 3.63) is 23.8 Å². The van der Waals surface area contributed by atoms with Gasteiger partial charge in [-0.05, 0) is 50.4 Å². The summed E-state index contributed by atoms with van der Waals surface area (Å²) in [6.45, 7) is 7.26. The van der Waals surface area contributed by atoms with Gasteiger partial charge in [-0.3, -0.25) is 9.69 Å². The Kier molecular flexibility index (Phi) is 4.35. The fourth-order valence-electron chi connectivity index (χ4n) is 4.15. The van der Waals surface area contributed by atoms with Crippen molar-refractivity contribution in [3.8, 4) is 11.5 Å². The van der Waals surface area contributed by atoms with Crippen LogP contribution >= 0.6 is 0 Å². The first-order chi connectivity index (χ1) is 11.7. The van der Waals surface area contributed by atoms with Gasteiger partial charge in [-0.1, -0.05) is 6.07 Å². The Hall–Kier alpha value is -1.75. The lowest BCUT2D eigenvalue weighted by molar-refractivity contribution is -0.132. The average Bonchev–Trinajstić information content (AvgIpc) is 2.96. The van der Waals surface area contributed by atoms with Crippen LogP contribution in [0.5, 0.6) is 11.5 Å². The molecule has 0 saturated carbocycles. The SMILES string of the molecule is C[C@@H](C(=O)N1CCCN2CCC[C@@H]2C1)c1ccc2c(c1)OCCO2. The van der Waals surface area contributed by atoms with Gasteiger partial charge in [0.15, 0.2) is 11.5 Å². The Labute approximate surface area is 143 Å². The largest absolute Gasteiger partial charge is 0.486 e. The van der Waals surface area contributed by atoms with Crippen LogP contribution in [0.4, 0.5) is 0 Å². The number of carbonyl (C=O) groups excluding carboxylic acids is 1. The third-order valence-electron chi connectivity index (χ3n) is 5.55. The van der Waals surface area contributed by atoms with E-state index in [1.54, 1.807) is 0 Å². The Balaban J connectivity index is 1.49. The Morgan fingerprint density at radius 1 is 1.12 bits per heavy atom. The monoisotopic (exact) mass is 330 g/mol. The number of rotatable bonds is 2. The van der Waals surface area contributed by atoms with E-state index in [1.165, 1.54) is 19.4 Å². The highest BCUT2D eigenvalue weighted by atomic mass is 16.6. The second kappa shape index (κ2) is 6.63. The van der Waals surface area contributed by atoms with Crippen LogP contribution < -0.4 is 9.47 Å². The van der Waals surface area contributed by atoms with Crippen molar-refractivity contribution in [3.63, 3.8) is 0 Å². The molecule has 24 heavy (non-hydrogen) atoms. The molecule has 5 nitrogen and oxygen atoms in total. The van der Waals surface area contributed by atoms with Gasteiger partial charge in [-0.2, -0.15) is 0 Å². The molecule has 0 aromatic heterocycles. The minimum atomic E-state index is -0.145. The van der Waals surface area contributed by atoms with Crippen LogP contribution in [0, 0.1) is 0 Å². The smallest absolute Gasteiger partial charge is 0.229 e. The van der Waals surface area contributed by atoms with Crippen molar-refractivity contribution in [1.29, 1.82) is 0 Å². The zero-order valence-electron chi connectivity index (χ0n) is 14.4. The first-order valence-electron chi connectivity index (χ1n) is 9.15. The molecule has 3 aliphatic heterocycles. The minimum absolute atomic E-state index is 0.145. The van der Waals surface area contributed by atoms with Crippen molar-refractivity contribution in [2.24, 2.45) is 0 Å². The number of hydrogen-bond donors (Lipinski definition) is 0. The lowest BCUT2D eigenvalue weighted by Gasteiger charge is -2.28. The predicted octanol–water partition coefficient (Wildman–Crippen LogP) is 2.26. The summed E-state index contributed by atoms with van der Waals surface area (Å²) in [5, 5.41) is 0. The molecule has 0 radical (unpaired) electrons. The Morgan fingerprint density at radius 3 is 2.79 bits per heavy atom. The van der Waals surface area contributed by atoms with Crippen LogP contribution in [0.3, 0.4) is 0 Å². The number of benzene rings is 1. The first kappa shape index (κ1) is 15.8. The summed E-state index contributed by atoms with van der Waals surface area (Å²) in [6, 6.07) is 6.45. The van der Waals surface area contributed by atoms with E-state index in [2.05, 4.69) is 9.80 Å². The van der Waals surface area contributed by atoms with E-state index in [0.717, 1.165) is 43.1 Å². The van der Waals surface area contributed by atoms with E-state index in [9.17, 15) is 4.79 Å². The molecule has 2 atom stereocenters. The van der Waals surface area contributed by atoms with Gasteiger partial charge in [0.1, 0.15) is 13.2 Å². The van der Waals surface area contributed by atoms with Crippen molar-refractivity contribution in [2.75, 3.05) is 39.4 Å². The molecule has 2 saturated heterocycles. The summed E-state index contributed by atoms with van der Waals surface area (Å²) >= 11 is 0. The van der Waals surface area contributed by atoms with Gasteiger partial charge in [0.25, 0.3) is 0 Å². The molecule has 3 aliphatic rings. The summed E-state index contributed by atoms with van der Waals surface area (Å²) < 4.78 is 11.2. The molecule has 0 bridgehead atoms. The lowest BCUT2D eigenvalue weighted by Crippen LogP contribution is -2.41. The van der Waals surface area contributed by atoms with Crippen LogP contribution in [0.25, 0.3) is 0 Å². The van der Waals surface area contributed by atoms with Gasteiger partial charge in [-0.25, -0.2) is 0 Å². The standard InChI is InChI=1S/C19H26N2O3/c1-14(15-5-6-17-18(12-15)24-11-10-23-17)19(22)21-9-3-8-20-7-2-4-16(20)13-21/h5-6,12,14,16H,2-4,7-11,13H2,1H3/t14-,16-/m1/s1. The molecule has 0 unspecified atom stereocenters. The van der Waals surface area contributed by atoms with Gasteiger partial charge in [0.2, 0.25) is 5.91 Å². The molecular formula is C19H26N2O3. The maximum absolute atomic E-state index is 13.0. The van der Waals surface area contributed by atoms with Crippen molar-refractivity contribution < 1.29 is 14.3 Å². The Bertz CT molecular complexity index is 619. The average molecular weight is 330 g/mol. The number of hydrogen-bond acceptors (Lipinski definition) is 4. The van der Waals surface area contributed by atoms with Gasteiger partial charge in [0, 0.05) is 25.7 Å². The van der Waals surface area contributed by atoms with E-state index >= 15 is 0 Å². The van der Waals surface area contributed by atoms with Crippen molar-refractivity contribution >= 4 is 5.91 Å². The van der Waals surface area contributed by atoms with Gasteiger partial charge in [-0.15, -0.1) is 0 Å². The van der Waals surface area contributed by atoms with Gasteiger partial charge >= 0.3 is 0 Å². The summed E-state index contributed by atoms with van der Waals surface area (Å²) in [4.78, 5) is 17.7. The minimum Gasteiger partial charge on any atom is -0.486 e. The van der Waals surface area contributed by atoms with Crippen LogP contribution in [0.1, 0.15) is 37.7 Å². The number of nitrogens with zero attached hydrogens (tertiary/aromatic N) is 2. The van der Waals surface area contributed by atoms with E-state index in [0.29, 0.717) is 19.3 Å². The second-order valence-electron chi connectivity index (χ2n) is 7.09. The normalized spacial score (nSPS) is 25.0. The molecule has 130 valence electrons. The zero-order valence-corrected chi connectivity index (χ0v) is 14.4. The molecule has 2 fully saturated rings. The molecular weight excluding hydrogens is 304 g/mol. The fourth-order valence-corrected chi connectivity index (χ4v) is 4.15. The molecule has 4 rings (SSSR count). The Morgan fingerprint density at radius 2 is 1.92 bits per heavy atom. The van der Waals surface area contributed by atoms with E-state index in [1.807, 2.05) is 25.1 Å². The number of fused-ring (bicyclic) bond motifs is 2. The quantitative estimate of drug-likeness (QED) is 0.834.